The summed E-state index contributed by atoms with van der Waals surface area (Å²) in [6.07, 6.45) is 7.46. The van der Waals surface area contributed by atoms with Crippen molar-refractivity contribution in [3.63, 3.8) is 0 Å². The summed E-state index contributed by atoms with van der Waals surface area (Å²) in [6, 6.07) is 0.460. The second-order valence-corrected chi connectivity index (χ2v) is 5.88. The molecule has 4 heteroatoms. The molecule has 0 bridgehead atoms. The summed E-state index contributed by atoms with van der Waals surface area (Å²) in [5.74, 6) is 0.569. The van der Waals surface area contributed by atoms with Crippen LogP contribution in [-0.4, -0.2) is 28.4 Å². The molecular formula is C13H22N2OS. The molecule has 3 atom stereocenters. The summed E-state index contributed by atoms with van der Waals surface area (Å²) in [5.41, 5.74) is 5.60. The molecule has 1 heterocycles. The molecule has 2 rings (SSSR count). The standard InChI is InChI=1S/C13H22N2OS/c1-9(12(14)17)13(16)15-8-4-6-10-5-2-3-7-11(10)15/h9-11H,2-8H2,1H3,(H2,14,17)/t9?,10-,11-/m1/s1. The number of likely N-dealkylation sites (tertiary alicyclic amines) is 1. The molecule has 0 spiro atoms. The van der Waals surface area contributed by atoms with Gasteiger partial charge < -0.3 is 10.6 Å². The smallest absolute Gasteiger partial charge is 0.232 e. The summed E-state index contributed by atoms with van der Waals surface area (Å²) in [4.78, 5) is 14.7. The van der Waals surface area contributed by atoms with Gasteiger partial charge in [-0.2, -0.15) is 0 Å². The van der Waals surface area contributed by atoms with Crippen LogP contribution < -0.4 is 5.73 Å². The van der Waals surface area contributed by atoms with Crippen molar-refractivity contribution in [2.45, 2.75) is 51.5 Å². The van der Waals surface area contributed by atoms with Crippen molar-refractivity contribution in [2.75, 3.05) is 6.54 Å². The third kappa shape index (κ3) is 2.62. The molecular weight excluding hydrogens is 232 g/mol. The van der Waals surface area contributed by atoms with Crippen LogP contribution in [0.25, 0.3) is 0 Å². The Kier molecular flexibility index (Phi) is 4.02. The van der Waals surface area contributed by atoms with Crippen molar-refractivity contribution in [3.05, 3.63) is 0 Å². The van der Waals surface area contributed by atoms with Gasteiger partial charge in [0, 0.05) is 12.6 Å². The van der Waals surface area contributed by atoms with Crippen LogP contribution in [0.5, 0.6) is 0 Å². The number of thiocarbonyl (C=S) groups is 1. The maximum Gasteiger partial charge on any atom is 0.232 e. The monoisotopic (exact) mass is 254 g/mol. The third-order valence-electron chi connectivity index (χ3n) is 4.32. The average molecular weight is 254 g/mol. The molecule has 0 aromatic heterocycles. The summed E-state index contributed by atoms with van der Waals surface area (Å²) >= 11 is 4.94. The number of piperidine rings is 1. The molecule has 0 aromatic rings. The van der Waals surface area contributed by atoms with Gasteiger partial charge in [0.2, 0.25) is 5.91 Å². The minimum atomic E-state index is -0.300. The zero-order chi connectivity index (χ0) is 12.4. The maximum atomic E-state index is 12.4. The van der Waals surface area contributed by atoms with Gasteiger partial charge in [0.15, 0.2) is 0 Å². The van der Waals surface area contributed by atoms with Crippen molar-refractivity contribution in [1.82, 2.24) is 4.90 Å². The summed E-state index contributed by atoms with van der Waals surface area (Å²) in [5, 5.41) is 0. The van der Waals surface area contributed by atoms with Gasteiger partial charge in [0.25, 0.3) is 0 Å². The first-order chi connectivity index (χ1) is 8.11. The third-order valence-corrected chi connectivity index (χ3v) is 4.68. The van der Waals surface area contributed by atoms with Crippen molar-refractivity contribution in [1.29, 1.82) is 0 Å². The fourth-order valence-corrected chi connectivity index (χ4v) is 3.37. The van der Waals surface area contributed by atoms with E-state index >= 15 is 0 Å². The van der Waals surface area contributed by atoms with E-state index in [0.29, 0.717) is 11.0 Å². The normalized spacial score (nSPS) is 30.5. The quantitative estimate of drug-likeness (QED) is 0.768. The Morgan fingerprint density at radius 1 is 1.29 bits per heavy atom. The van der Waals surface area contributed by atoms with E-state index in [1.165, 1.54) is 32.1 Å². The Balaban J connectivity index is 2.08. The van der Waals surface area contributed by atoms with E-state index in [-0.39, 0.29) is 11.8 Å². The lowest BCUT2D eigenvalue weighted by atomic mass is 9.78. The molecule has 1 aliphatic carbocycles. The largest absolute Gasteiger partial charge is 0.393 e. The first kappa shape index (κ1) is 12.8. The predicted molar refractivity (Wildman–Crippen MR) is 72.6 cm³/mol. The molecule has 96 valence electrons. The highest BCUT2D eigenvalue weighted by molar-refractivity contribution is 7.80. The maximum absolute atomic E-state index is 12.4. The number of hydrogen-bond acceptors (Lipinski definition) is 2. The molecule has 17 heavy (non-hydrogen) atoms. The molecule has 2 fully saturated rings. The van der Waals surface area contributed by atoms with Crippen LogP contribution in [0, 0.1) is 11.8 Å². The van der Waals surface area contributed by atoms with Gasteiger partial charge in [-0.3, -0.25) is 4.79 Å². The average Bonchev–Trinajstić information content (AvgIpc) is 2.36. The lowest BCUT2D eigenvalue weighted by Crippen LogP contribution is -2.52. The van der Waals surface area contributed by atoms with Crippen molar-refractivity contribution in [3.8, 4) is 0 Å². The summed E-state index contributed by atoms with van der Waals surface area (Å²) in [6.45, 7) is 2.73. The van der Waals surface area contributed by atoms with Crippen LogP contribution in [0.15, 0.2) is 0 Å². The Morgan fingerprint density at radius 3 is 2.65 bits per heavy atom. The van der Waals surface area contributed by atoms with E-state index in [0.717, 1.165) is 18.9 Å². The van der Waals surface area contributed by atoms with Crippen molar-refractivity contribution in [2.24, 2.45) is 17.6 Å². The Hall–Kier alpha value is -0.640. The minimum Gasteiger partial charge on any atom is -0.393 e. The number of amides is 1. The Bertz CT molecular complexity index is 317. The van der Waals surface area contributed by atoms with Crippen LogP contribution in [0.2, 0.25) is 0 Å². The molecule has 1 unspecified atom stereocenters. The topological polar surface area (TPSA) is 46.3 Å². The van der Waals surface area contributed by atoms with E-state index in [1.807, 2.05) is 6.92 Å². The van der Waals surface area contributed by atoms with Gasteiger partial charge in [-0.25, -0.2) is 0 Å². The second-order valence-electron chi connectivity index (χ2n) is 5.41. The van der Waals surface area contributed by atoms with Gasteiger partial charge in [-0.05, 0) is 38.5 Å². The van der Waals surface area contributed by atoms with Crippen LogP contribution in [0.4, 0.5) is 0 Å². The Morgan fingerprint density at radius 2 is 1.94 bits per heavy atom. The number of carbonyl (C=O) groups excluding carboxylic acids is 1. The molecule has 1 saturated carbocycles. The van der Waals surface area contributed by atoms with Crippen molar-refractivity contribution < 1.29 is 4.79 Å². The predicted octanol–water partition coefficient (Wildman–Crippen LogP) is 2.09. The molecule has 0 aromatic carbocycles. The van der Waals surface area contributed by atoms with Crippen LogP contribution in [0.1, 0.15) is 45.4 Å². The second kappa shape index (κ2) is 5.34. The Labute approximate surface area is 109 Å². The number of nitrogens with two attached hydrogens (primary N) is 1. The fourth-order valence-electron chi connectivity index (χ4n) is 3.27. The van der Waals surface area contributed by atoms with Gasteiger partial charge >= 0.3 is 0 Å². The molecule has 1 aliphatic heterocycles. The molecule has 0 radical (unpaired) electrons. The first-order valence-electron chi connectivity index (χ1n) is 6.71. The van der Waals surface area contributed by atoms with Crippen LogP contribution >= 0.6 is 12.2 Å². The minimum absolute atomic E-state index is 0.147. The lowest BCUT2D eigenvalue weighted by molar-refractivity contribution is -0.139. The zero-order valence-electron chi connectivity index (χ0n) is 10.5. The molecule has 2 N–H and O–H groups in total. The van der Waals surface area contributed by atoms with E-state index in [1.54, 1.807) is 0 Å². The lowest BCUT2D eigenvalue weighted by Gasteiger charge is -2.45. The first-order valence-corrected chi connectivity index (χ1v) is 7.12. The van der Waals surface area contributed by atoms with Crippen LogP contribution in [0.3, 0.4) is 0 Å². The highest BCUT2D eigenvalue weighted by Gasteiger charge is 2.37. The van der Waals surface area contributed by atoms with E-state index in [2.05, 4.69) is 4.90 Å². The molecule has 1 saturated heterocycles. The van der Waals surface area contributed by atoms with E-state index in [4.69, 9.17) is 18.0 Å². The van der Waals surface area contributed by atoms with Crippen molar-refractivity contribution >= 4 is 23.1 Å². The highest BCUT2D eigenvalue weighted by atomic mass is 32.1. The summed E-state index contributed by atoms with van der Waals surface area (Å²) in [7, 11) is 0. The zero-order valence-corrected chi connectivity index (χ0v) is 11.3. The molecule has 3 nitrogen and oxygen atoms in total. The number of fused-ring (bicyclic) bond motifs is 1. The number of carbonyl (C=O) groups is 1. The van der Waals surface area contributed by atoms with E-state index < -0.39 is 0 Å². The summed E-state index contributed by atoms with van der Waals surface area (Å²) < 4.78 is 0. The van der Waals surface area contributed by atoms with Crippen LogP contribution in [-0.2, 0) is 4.79 Å². The van der Waals surface area contributed by atoms with Gasteiger partial charge in [-0.15, -0.1) is 0 Å². The SMILES string of the molecule is CC(C(=O)N1CCC[C@H]2CCCC[C@H]21)C(N)=S. The molecule has 2 aliphatic rings. The van der Waals surface area contributed by atoms with Gasteiger partial charge in [-0.1, -0.05) is 25.1 Å². The number of rotatable bonds is 2. The van der Waals surface area contributed by atoms with Gasteiger partial charge in [0.05, 0.1) is 10.9 Å². The van der Waals surface area contributed by atoms with Gasteiger partial charge in [0.1, 0.15) is 0 Å². The van der Waals surface area contributed by atoms with E-state index in [9.17, 15) is 4.79 Å². The molecule has 1 amide bonds. The number of hydrogen-bond donors (Lipinski definition) is 1. The fraction of sp³-hybridized carbons (Fsp3) is 0.846. The number of nitrogens with zero attached hydrogens (tertiary/aromatic N) is 1. The highest BCUT2D eigenvalue weighted by Crippen LogP contribution is 2.35.